The molecule has 2 atom stereocenters. The molecule has 1 aliphatic rings. The number of hydrogen-bond acceptors (Lipinski definition) is 1. The van der Waals surface area contributed by atoms with Crippen molar-refractivity contribution in [2.75, 3.05) is 0 Å². The summed E-state index contributed by atoms with van der Waals surface area (Å²) in [6.07, 6.45) is 2.89. The Morgan fingerprint density at radius 2 is 2.14 bits per heavy atom. The van der Waals surface area contributed by atoms with Gasteiger partial charge in [-0.25, -0.2) is 0 Å². The quantitative estimate of drug-likeness (QED) is 0.814. The van der Waals surface area contributed by atoms with Crippen LogP contribution in [-0.4, -0.2) is 5.11 Å². The molecule has 1 N–H and O–H groups in total. The van der Waals surface area contributed by atoms with Gasteiger partial charge < -0.3 is 5.11 Å². The van der Waals surface area contributed by atoms with Crippen molar-refractivity contribution < 1.29 is 5.11 Å². The molecule has 1 nitrogen and oxygen atoms in total. The fraction of sp³-hybridized carbons (Fsp3) is 0.500. The van der Waals surface area contributed by atoms with E-state index in [2.05, 4.69) is 22.9 Å². The van der Waals surface area contributed by atoms with Crippen LogP contribution in [0.2, 0.25) is 0 Å². The van der Waals surface area contributed by atoms with E-state index in [0.29, 0.717) is 5.92 Å². The van der Waals surface area contributed by atoms with Crippen molar-refractivity contribution in [3.05, 3.63) is 34.3 Å². The third kappa shape index (κ3) is 1.73. The first kappa shape index (κ1) is 10.2. The molecule has 0 bridgehead atoms. The van der Waals surface area contributed by atoms with Gasteiger partial charge in [-0.1, -0.05) is 41.1 Å². The lowest BCUT2D eigenvalue weighted by molar-refractivity contribution is 0.0400. The predicted octanol–water partition coefficient (Wildman–Crippen LogP) is 3.46. The van der Waals surface area contributed by atoms with E-state index in [4.69, 9.17) is 0 Å². The largest absolute Gasteiger partial charge is 0.385 e. The van der Waals surface area contributed by atoms with Crippen molar-refractivity contribution >= 4 is 15.9 Å². The molecular weight excluding hydrogens is 240 g/mol. The van der Waals surface area contributed by atoms with E-state index in [1.165, 1.54) is 0 Å². The third-order valence-corrected chi connectivity index (χ3v) is 3.80. The van der Waals surface area contributed by atoms with Gasteiger partial charge in [0.15, 0.2) is 0 Å². The van der Waals surface area contributed by atoms with Gasteiger partial charge in [-0.15, -0.1) is 0 Å². The van der Waals surface area contributed by atoms with E-state index < -0.39 is 5.60 Å². The van der Waals surface area contributed by atoms with Crippen LogP contribution in [0.1, 0.15) is 31.7 Å². The topological polar surface area (TPSA) is 20.2 Å². The molecule has 0 saturated heterocycles. The summed E-state index contributed by atoms with van der Waals surface area (Å²) in [6.45, 7) is 2.20. The summed E-state index contributed by atoms with van der Waals surface area (Å²) in [7, 11) is 0. The SMILES string of the molecule is CC1CCC(O)(c2ccccc2Br)C1. The van der Waals surface area contributed by atoms with Crippen LogP contribution < -0.4 is 0 Å². The van der Waals surface area contributed by atoms with Crippen molar-refractivity contribution in [2.45, 2.75) is 31.8 Å². The molecule has 14 heavy (non-hydrogen) atoms. The highest BCUT2D eigenvalue weighted by molar-refractivity contribution is 9.10. The molecule has 0 amide bonds. The van der Waals surface area contributed by atoms with Crippen LogP contribution in [0.4, 0.5) is 0 Å². The van der Waals surface area contributed by atoms with Crippen molar-refractivity contribution in [1.29, 1.82) is 0 Å². The zero-order valence-electron chi connectivity index (χ0n) is 8.33. The second kappa shape index (κ2) is 3.67. The molecule has 1 saturated carbocycles. The molecule has 1 aromatic rings. The minimum absolute atomic E-state index is 0.598. The smallest absolute Gasteiger partial charge is 0.0910 e. The Morgan fingerprint density at radius 3 is 2.71 bits per heavy atom. The fourth-order valence-electron chi connectivity index (χ4n) is 2.35. The monoisotopic (exact) mass is 254 g/mol. The maximum Gasteiger partial charge on any atom is 0.0910 e. The zero-order chi connectivity index (χ0) is 10.2. The lowest BCUT2D eigenvalue weighted by Gasteiger charge is -2.24. The minimum atomic E-state index is -0.598. The molecule has 1 aromatic carbocycles. The molecule has 2 unspecified atom stereocenters. The molecule has 0 heterocycles. The van der Waals surface area contributed by atoms with Crippen molar-refractivity contribution in [1.82, 2.24) is 0 Å². The number of hydrogen-bond donors (Lipinski definition) is 1. The van der Waals surface area contributed by atoms with E-state index in [1.54, 1.807) is 0 Å². The van der Waals surface area contributed by atoms with Crippen LogP contribution in [0.15, 0.2) is 28.7 Å². The first-order valence-corrected chi connectivity index (χ1v) is 5.88. The van der Waals surface area contributed by atoms with Crippen LogP contribution >= 0.6 is 15.9 Å². The highest BCUT2D eigenvalue weighted by atomic mass is 79.9. The van der Waals surface area contributed by atoms with Gasteiger partial charge in [-0.2, -0.15) is 0 Å². The Labute approximate surface area is 93.3 Å². The van der Waals surface area contributed by atoms with Gasteiger partial charge in [0.05, 0.1) is 5.60 Å². The van der Waals surface area contributed by atoms with Crippen molar-refractivity contribution in [3.8, 4) is 0 Å². The fourth-order valence-corrected chi connectivity index (χ4v) is 3.00. The van der Waals surface area contributed by atoms with Gasteiger partial charge in [-0.3, -0.25) is 0 Å². The summed E-state index contributed by atoms with van der Waals surface area (Å²) in [4.78, 5) is 0. The normalized spacial score (nSPS) is 32.1. The molecule has 76 valence electrons. The van der Waals surface area contributed by atoms with Gasteiger partial charge in [0.2, 0.25) is 0 Å². The summed E-state index contributed by atoms with van der Waals surface area (Å²) in [5.74, 6) is 0.632. The first-order valence-electron chi connectivity index (χ1n) is 5.09. The van der Waals surface area contributed by atoms with Gasteiger partial charge in [0, 0.05) is 4.47 Å². The second-order valence-electron chi connectivity index (χ2n) is 4.36. The number of rotatable bonds is 1. The third-order valence-electron chi connectivity index (χ3n) is 3.11. The molecule has 1 fully saturated rings. The summed E-state index contributed by atoms with van der Waals surface area (Å²) >= 11 is 3.50. The molecule has 2 rings (SSSR count). The number of halogens is 1. The van der Waals surface area contributed by atoms with Crippen molar-refractivity contribution in [3.63, 3.8) is 0 Å². The summed E-state index contributed by atoms with van der Waals surface area (Å²) < 4.78 is 1.02. The van der Waals surface area contributed by atoms with E-state index in [-0.39, 0.29) is 0 Å². The van der Waals surface area contributed by atoms with E-state index >= 15 is 0 Å². The Balaban J connectivity index is 2.35. The molecule has 0 radical (unpaired) electrons. The first-order chi connectivity index (χ1) is 6.62. The van der Waals surface area contributed by atoms with Crippen LogP contribution in [0.25, 0.3) is 0 Å². The zero-order valence-corrected chi connectivity index (χ0v) is 9.92. The van der Waals surface area contributed by atoms with E-state index in [0.717, 1.165) is 29.3 Å². The van der Waals surface area contributed by atoms with Gasteiger partial charge in [-0.05, 0) is 36.8 Å². The number of aliphatic hydroxyl groups is 1. The second-order valence-corrected chi connectivity index (χ2v) is 5.21. The summed E-state index contributed by atoms with van der Waals surface area (Å²) in [6, 6.07) is 7.98. The maximum absolute atomic E-state index is 10.5. The summed E-state index contributed by atoms with van der Waals surface area (Å²) in [5.41, 5.74) is 0.448. The van der Waals surface area contributed by atoms with E-state index in [9.17, 15) is 5.11 Å². The van der Waals surface area contributed by atoms with Crippen LogP contribution in [0.3, 0.4) is 0 Å². The van der Waals surface area contributed by atoms with Gasteiger partial charge >= 0.3 is 0 Å². The Bertz CT molecular complexity index is 337. The Hall–Kier alpha value is -0.340. The minimum Gasteiger partial charge on any atom is -0.385 e. The van der Waals surface area contributed by atoms with Crippen LogP contribution in [0, 0.1) is 5.92 Å². The highest BCUT2D eigenvalue weighted by Crippen LogP contribution is 2.43. The van der Waals surface area contributed by atoms with E-state index in [1.807, 2.05) is 24.3 Å². The predicted molar refractivity (Wildman–Crippen MR) is 61.1 cm³/mol. The van der Waals surface area contributed by atoms with Crippen molar-refractivity contribution in [2.24, 2.45) is 5.92 Å². The molecule has 0 spiro atoms. The van der Waals surface area contributed by atoms with Gasteiger partial charge in [0.25, 0.3) is 0 Å². The highest BCUT2D eigenvalue weighted by Gasteiger charge is 2.37. The molecule has 0 aromatic heterocycles. The lowest BCUT2D eigenvalue weighted by Crippen LogP contribution is -2.22. The lowest BCUT2D eigenvalue weighted by atomic mass is 9.91. The molecular formula is C12H15BrO. The molecule has 2 heteroatoms. The van der Waals surface area contributed by atoms with Gasteiger partial charge in [0.1, 0.15) is 0 Å². The Morgan fingerprint density at radius 1 is 1.43 bits per heavy atom. The van der Waals surface area contributed by atoms with Crippen LogP contribution in [-0.2, 0) is 5.60 Å². The average molecular weight is 255 g/mol. The summed E-state index contributed by atoms with van der Waals surface area (Å²) in [5, 5.41) is 10.5. The number of benzene rings is 1. The molecule has 1 aliphatic carbocycles. The Kier molecular flexibility index (Phi) is 2.67. The average Bonchev–Trinajstić information content (AvgIpc) is 2.48. The molecule has 0 aliphatic heterocycles. The standard InChI is InChI=1S/C12H15BrO/c1-9-6-7-12(14,8-9)10-4-2-3-5-11(10)13/h2-5,9,14H,6-8H2,1H3. The van der Waals surface area contributed by atoms with Crippen LogP contribution in [0.5, 0.6) is 0 Å². The maximum atomic E-state index is 10.5.